The Kier molecular flexibility index (Phi) is 8.37. The summed E-state index contributed by atoms with van der Waals surface area (Å²) in [5, 5.41) is 20.1. The molecule has 0 spiro atoms. The number of carbonyl (C=O) groups is 2. The maximum Gasteiger partial charge on any atom is 0.391 e. The smallest absolute Gasteiger partial charge is 0.391 e. The number of aromatic nitrogens is 2. The molecule has 0 aliphatic carbocycles. The fraction of sp³-hybridized carbons (Fsp3) is 0.0400. The zero-order valence-electron chi connectivity index (χ0n) is 20.2. The third-order valence-electron chi connectivity index (χ3n) is 5.14. The first-order valence-electron chi connectivity index (χ1n) is 11.2. The maximum absolute atomic E-state index is 13.3. The average Bonchev–Trinajstić information content (AvgIpc) is 2.90. The first-order valence-corrected chi connectivity index (χ1v) is 12.4. The molecule has 0 aliphatic rings. The summed E-state index contributed by atoms with van der Waals surface area (Å²) < 4.78 is 4.95. The van der Waals surface area contributed by atoms with Gasteiger partial charge in [0.05, 0.1) is 10.6 Å². The Morgan fingerprint density at radius 2 is 1.67 bits per heavy atom. The Labute approximate surface area is 222 Å². The number of rotatable bonds is 10. The zero-order valence-corrected chi connectivity index (χ0v) is 21.1. The van der Waals surface area contributed by atoms with Crippen LogP contribution in [0.15, 0.2) is 79.0 Å². The molecule has 0 atom stereocenters. The SMILES string of the molecule is CC(=O)Nc1ccc(Nc2ncc([N+](=O)[O-])c(Nc3ccc(OP(O)O)cc3C(=O)c3ccccc3)n2)cc1. The van der Waals surface area contributed by atoms with Crippen molar-refractivity contribution in [2.24, 2.45) is 0 Å². The molecule has 4 rings (SSSR count). The highest BCUT2D eigenvalue weighted by molar-refractivity contribution is 7.39. The normalized spacial score (nSPS) is 10.6. The van der Waals surface area contributed by atoms with Crippen molar-refractivity contribution in [2.75, 3.05) is 16.0 Å². The lowest BCUT2D eigenvalue weighted by Gasteiger charge is -2.14. The van der Waals surface area contributed by atoms with Crippen LogP contribution in [0.3, 0.4) is 0 Å². The van der Waals surface area contributed by atoms with Gasteiger partial charge in [-0.25, -0.2) is 4.98 Å². The fourth-order valence-corrected chi connectivity index (χ4v) is 3.78. The number of hydrogen-bond donors (Lipinski definition) is 5. The molecule has 0 unspecified atom stereocenters. The summed E-state index contributed by atoms with van der Waals surface area (Å²) in [4.78, 5) is 62.3. The van der Waals surface area contributed by atoms with E-state index in [2.05, 4.69) is 25.9 Å². The predicted octanol–water partition coefficient (Wildman–Crippen LogP) is 4.65. The monoisotopic (exact) mass is 548 g/mol. The van der Waals surface area contributed by atoms with Gasteiger partial charge >= 0.3 is 14.3 Å². The van der Waals surface area contributed by atoms with Crippen LogP contribution in [0.25, 0.3) is 0 Å². The third kappa shape index (κ3) is 7.08. The van der Waals surface area contributed by atoms with Crippen molar-refractivity contribution in [1.82, 2.24) is 9.97 Å². The van der Waals surface area contributed by atoms with Crippen LogP contribution in [0.2, 0.25) is 0 Å². The Morgan fingerprint density at radius 3 is 2.31 bits per heavy atom. The molecular weight excluding hydrogens is 527 g/mol. The number of ketones is 1. The Balaban J connectivity index is 1.68. The standard InChI is InChI=1S/C25H21N6O7P/c1-15(32)27-17-7-9-18(10-8-17)28-25-26-14-22(31(34)35)24(30-25)29-21-12-11-19(38-39(36)37)13-20(21)23(33)16-5-3-2-4-6-16/h2-14,36-37H,1H3,(H,27,32)(H2,26,28,29,30). The summed E-state index contributed by atoms with van der Waals surface area (Å²) in [6, 6.07) is 19.0. The van der Waals surface area contributed by atoms with E-state index in [1.165, 1.54) is 25.1 Å². The van der Waals surface area contributed by atoms with E-state index >= 15 is 0 Å². The van der Waals surface area contributed by atoms with Crippen molar-refractivity contribution in [3.8, 4) is 5.75 Å². The minimum atomic E-state index is -2.74. The van der Waals surface area contributed by atoms with Gasteiger partial charge in [-0.15, -0.1) is 0 Å². The minimum Gasteiger partial charge on any atom is -0.427 e. The largest absolute Gasteiger partial charge is 0.427 e. The van der Waals surface area contributed by atoms with Gasteiger partial charge in [-0.3, -0.25) is 19.7 Å². The van der Waals surface area contributed by atoms with Crippen molar-refractivity contribution in [2.45, 2.75) is 6.92 Å². The minimum absolute atomic E-state index is 0.0122. The van der Waals surface area contributed by atoms with Crippen LogP contribution < -0.4 is 20.5 Å². The number of nitrogens with zero attached hydrogens (tertiary/aromatic N) is 3. The van der Waals surface area contributed by atoms with Crippen molar-refractivity contribution in [3.05, 3.63) is 100 Å². The van der Waals surface area contributed by atoms with Crippen molar-refractivity contribution in [3.63, 3.8) is 0 Å². The second-order valence-corrected chi connectivity index (χ2v) is 8.63. The first-order chi connectivity index (χ1) is 18.7. The van der Waals surface area contributed by atoms with Crippen LogP contribution in [-0.2, 0) is 4.79 Å². The summed E-state index contributed by atoms with van der Waals surface area (Å²) in [6.45, 7) is 1.39. The van der Waals surface area contributed by atoms with Gasteiger partial charge in [-0.05, 0) is 42.5 Å². The van der Waals surface area contributed by atoms with E-state index in [-0.39, 0.29) is 34.7 Å². The topological polar surface area (TPSA) is 189 Å². The fourth-order valence-electron chi connectivity index (χ4n) is 3.47. The van der Waals surface area contributed by atoms with Crippen LogP contribution in [0.4, 0.5) is 34.5 Å². The summed E-state index contributed by atoms with van der Waals surface area (Å²) in [6.07, 6.45) is 1.02. The van der Waals surface area contributed by atoms with Crippen LogP contribution in [-0.4, -0.2) is 36.4 Å². The second-order valence-electron chi connectivity index (χ2n) is 7.94. The van der Waals surface area contributed by atoms with Gasteiger partial charge in [0.15, 0.2) is 5.78 Å². The summed E-state index contributed by atoms with van der Waals surface area (Å²) in [7, 11) is -2.74. The van der Waals surface area contributed by atoms with E-state index in [0.717, 1.165) is 6.20 Å². The number of nitro groups is 1. The van der Waals surface area contributed by atoms with Gasteiger partial charge in [-0.1, -0.05) is 30.3 Å². The highest BCUT2D eigenvalue weighted by Gasteiger charge is 2.22. The lowest BCUT2D eigenvalue weighted by Crippen LogP contribution is -2.09. The highest BCUT2D eigenvalue weighted by atomic mass is 31.2. The lowest BCUT2D eigenvalue weighted by molar-refractivity contribution is -0.384. The molecular formula is C25H21N6O7P. The van der Waals surface area contributed by atoms with E-state index in [0.29, 0.717) is 16.9 Å². The Morgan fingerprint density at radius 1 is 0.974 bits per heavy atom. The van der Waals surface area contributed by atoms with Crippen LogP contribution >= 0.6 is 8.60 Å². The third-order valence-corrected chi connectivity index (χ3v) is 5.51. The molecule has 1 heterocycles. The van der Waals surface area contributed by atoms with Crippen molar-refractivity contribution >= 4 is 54.8 Å². The molecule has 3 aromatic carbocycles. The zero-order chi connectivity index (χ0) is 27.9. The van der Waals surface area contributed by atoms with E-state index < -0.39 is 25.0 Å². The number of benzene rings is 3. The molecule has 14 heteroatoms. The molecule has 0 saturated heterocycles. The molecule has 0 saturated carbocycles. The number of carbonyl (C=O) groups excluding carboxylic acids is 2. The van der Waals surface area contributed by atoms with Crippen LogP contribution in [0, 0.1) is 10.1 Å². The summed E-state index contributed by atoms with van der Waals surface area (Å²) in [5.74, 6) is -0.827. The van der Waals surface area contributed by atoms with Crippen molar-refractivity contribution < 1.29 is 28.8 Å². The van der Waals surface area contributed by atoms with Gasteiger partial charge in [-0.2, -0.15) is 4.98 Å². The predicted molar refractivity (Wildman–Crippen MR) is 144 cm³/mol. The molecule has 5 N–H and O–H groups in total. The molecule has 198 valence electrons. The molecule has 13 nitrogen and oxygen atoms in total. The molecule has 0 radical (unpaired) electrons. The van der Waals surface area contributed by atoms with Gasteiger partial charge in [0.25, 0.3) is 0 Å². The van der Waals surface area contributed by atoms with E-state index in [4.69, 9.17) is 4.52 Å². The molecule has 1 amide bonds. The number of hydrogen-bond acceptors (Lipinski definition) is 11. The quantitative estimate of drug-likeness (QED) is 0.0802. The molecule has 0 fully saturated rings. The average molecular weight is 548 g/mol. The molecule has 0 bridgehead atoms. The number of amides is 1. The molecule has 0 aliphatic heterocycles. The maximum atomic E-state index is 13.3. The Hall–Kier alpha value is -4.97. The van der Waals surface area contributed by atoms with Crippen molar-refractivity contribution in [1.29, 1.82) is 0 Å². The number of anilines is 5. The van der Waals surface area contributed by atoms with Gasteiger partial charge in [0.2, 0.25) is 17.7 Å². The Bertz CT molecular complexity index is 1520. The first kappa shape index (κ1) is 27.1. The van der Waals surface area contributed by atoms with Crippen LogP contribution in [0.1, 0.15) is 22.8 Å². The van der Waals surface area contributed by atoms with Gasteiger partial charge in [0, 0.05) is 29.4 Å². The van der Waals surface area contributed by atoms with E-state index in [1.807, 2.05) is 0 Å². The van der Waals surface area contributed by atoms with Crippen LogP contribution in [0.5, 0.6) is 5.75 Å². The van der Waals surface area contributed by atoms with Gasteiger partial charge < -0.3 is 30.3 Å². The van der Waals surface area contributed by atoms with E-state index in [1.54, 1.807) is 54.6 Å². The second kappa shape index (κ2) is 12.0. The summed E-state index contributed by atoms with van der Waals surface area (Å²) >= 11 is 0. The lowest BCUT2D eigenvalue weighted by atomic mass is 10.0. The highest BCUT2D eigenvalue weighted by Crippen LogP contribution is 2.35. The molecule has 1 aromatic heterocycles. The molecule has 39 heavy (non-hydrogen) atoms. The van der Waals surface area contributed by atoms with Gasteiger partial charge in [0.1, 0.15) is 11.9 Å². The molecule has 4 aromatic rings. The summed E-state index contributed by atoms with van der Waals surface area (Å²) in [5.41, 5.74) is 1.22. The van der Waals surface area contributed by atoms with E-state index in [9.17, 15) is 29.5 Å². The number of nitrogens with one attached hydrogen (secondary N) is 3.